The molecule has 0 saturated carbocycles. The number of allylic oxidation sites excluding steroid dienone is 3. The standard InChI is InChI=1S/C12H20O/c1-8(2)11-7-6-10(5)13-12(11)9(3)4/h6-10H,1-5H3. The maximum absolute atomic E-state index is 5.81. The Kier molecular flexibility index (Phi) is 3.18. The van der Waals surface area contributed by atoms with E-state index in [9.17, 15) is 0 Å². The first kappa shape index (κ1) is 10.4. The summed E-state index contributed by atoms with van der Waals surface area (Å²) in [6.45, 7) is 10.9. The highest BCUT2D eigenvalue weighted by Crippen LogP contribution is 2.28. The van der Waals surface area contributed by atoms with Gasteiger partial charge in [0.1, 0.15) is 11.9 Å². The molecule has 1 aliphatic heterocycles. The van der Waals surface area contributed by atoms with Crippen molar-refractivity contribution in [1.82, 2.24) is 0 Å². The zero-order valence-corrected chi connectivity index (χ0v) is 9.29. The SMILES string of the molecule is CC1C=CC(C(C)C)=C(C(C)C)O1. The second kappa shape index (κ2) is 3.99. The summed E-state index contributed by atoms with van der Waals surface area (Å²) < 4.78 is 5.81. The van der Waals surface area contributed by atoms with Crippen molar-refractivity contribution in [1.29, 1.82) is 0 Å². The van der Waals surface area contributed by atoms with Crippen LogP contribution in [0.3, 0.4) is 0 Å². The molecule has 13 heavy (non-hydrogen) atoms. The van der Waals surface area contributed by atoms with Gasteiger partial charge in [0.25, 0.3) is 0 Å². The Labute approximate surface area is 81.5 Å². The molecular formula is C12H20O. The first-order valence-electron chi connectivity index (χ1n) is 5.11. The van der Waals surface area contributed by atoms with Gasteiger partial charge in [0.05, 0.1) is 0 Å². The zero-order chi connectivity index (χ0) is 10.0. The second-order valence-electron chi connectivity index (χ2n) is 4.31. The van der Waals surface area contributed by atoms with E-state index in [2.05, 4.69) is 46.8 Å². The Morgan fingerprint density at radius 2 is 1.77 bits per heavy atom. The molecule has 0 fully saturated rings. The van der Waals surface area contributed by atoms with Gasteiger partial charge in [-0.05, 0) is 24.5 Å². The van der Waals surface area contributed by atoms with E-state index >= 15 is 0 Å². The van der Waals surface area contributed by atoms with Gasteiger partial charge in [-0.3, -0.25) is 0 Å². The molecule has 1 nitrogen and oxygen atoms in total. The van der Waals surface area contributed by atoms with E-state index in [4.69, 9.17) is 4.74 Å². The minimum absolute atomic E-state index is 0.236. The summed E-state index contributed by atoms with van der Waals surface area (Å²) in [6, 6.07) is 0. The van der Waals surface area contributed by atoms with Gasteiger partial charge >= 0.3 is 0 Å². The normalized spacial score (nSPS) is 22.8. The monoisotopic (exact) mass is 180 g/mol. The van der Waals surface area contributed by atoms with Crippen molar-refractivity contribution in [2.75, 3.05) is 0 Å². The van der Waals surface area contributed by atoms with Crippen molar-refractivity contribution in [2.24, 2.45) is 11.8 Å². The summed E-state index contributed by atoms with van der Waals surface area (Å²) in [7, 11) is 0. The molecular weight excluding hydrogens is 160 g/mol. The molecule has 1 heterocycles. The van der Waals surface area contributed by atoms with E-state index in [0.717, 1.165) is 0 Å². The molecule has 0 aromatic heterocycles. The molecule has 0 radical (unpaired) electrons. The maximum atomic E-state index is 5.81. The van der Waals surface area contributed by atoms with Gasteiger partial charge in [0.2, 0.25) is 0 Å². The van der Waals surface area contributed by atoms with Gasteiger partial charge in [-0.1, -0.05) is 33.8 Å². The number of ether oxygens (including phenoxy) is 1. The smallest absolute Gasteiger partial charge is 0.114 e. The lowest BCUT2D eigenvalue weighted by molar-refractivity contribution is 0.137. The molecule has 0 bridgehead atoms. The van der Waals surface area contributed by atoms with E-state index in [1.807, 2.05) is 0 Å². The van der Waals surface area contributed by atoms with Crippen LogP contribution >= 0.6 is 0 Å². The van der Waals surface area contributed by atoms with Crippen LogP contribution in [0.1, 0.15) is 34.6 Å². The Bertz CT molecular complexity index is 234. The van der Waals surface area contributed by atoms with Crippen LogP contribution in [0.25, 0.3) is 0 Å². The topological polar surface area (TPSA) is 9.23 Å². The summed E-state index contributed by atoms with van der Waals surface area (Å²) in [4.78, 5) is 0. The highest BCUT2D eigenvalue weighted by Gasteiger charge is 2.18. The molecule has 74 valence electrons. The number of hydrogen-bond donors (Lipinski definition) is 0. The lowest BCUT2D eigenvalue weighted by atomic mass is 9.94. The highest BCUT2D eigenvalue weighted by atomic mass is 16.5. The predicted molar refractivity (Wildman–Crippen MR) is 56.4 cm³/mol. The van der Waals surface area contributed by atoms with E-state index in [1.54, 1.807) is 0 Å². The fourth-order valence-electron chi connectivity index (χ4n) is 1.58. The van der Waals surface area contributed by atoms with Crippen LogP contribution in [0, 0.1) is 11.8 Å². The van der Waals surface area contributed by atoms with Crippen molar-refractivity contribution in [3.63, 3.8) is 0 Å². The third-order valence-corrected chi connectivity index (χ3v) is 2.29. The molecule has 0 aromatic carbocycles. The van der Waals surface area contributed by atoms with Gasteiger partial charge < -0.3 is 4.74 Å². The van der Waals surface area contributed by atoms with Gasteiger partial charge in [0.15, 0.2) is 0 Å². The lowest BCUT2D eigenvalue weighted by Crippen LogP contribution is -2.16. The first-order valence-corrected chi connectivity index (χ1v) is 5.11. The van der Waals surface area contributed by atoms with E-state index in [-0.39, 0.29) is 6.10 Å². The Morgan fingerprint density at radius 1 is 1.15 bits per heavy atom. The van der Waals surface area contributed by atoms with E-state index in [0.29, 0.717) is 11.8 Å². The predicted octanol–water partition coefficient (Wildman–Crippen LogP) is 3.53. The van der Waals surface area contributed by atoms with E-state index < -0.39 is 0 Å². The Balaban J connectivity index is 2.95. The van der Waals surface area contributed by atoms with Gasteiger partial charge in [-0.2, -0.15) is 0 Å². The van der Waals surface area contributed by atoms with Crippen molar-refractivity contribution in [3.8, 4) is 0 Å². The van der Waals surface area contributed by atoms with Crippen LogP contribution in [0.5, 0.6) is 0 Å². The highest BCUT2D eigenvalue weighted by molar-refractivity contribution is 5.29. The fourth-order valence-corrected chi connectivity index (χ4v) is 1.58. The van der Waals surface area contributed by atoms with Crippen LogP contribution < -0.4 is 0 Å². The third-order valence-electron chi connectivity index (χ3n) is 2.29. The fraction of sp³-hybridized carbons (Fsp3) is 0.667. The molecule has 0 aliphatic carbocycles. The van der Waals surface area contributed by atoms with Crippen LogP contribution in [-0.2, 0) is 4.74 Å². The summed E-state index contributed by atoms with van der Waals surface area (Å²) in [5.41, 5.74) is 1.35. The van der Waals surface area contributed by atoms with E-state index in [1.165, 1.54) is 11.3 Å². The molecule has 1 atom stereocenters. The molecule has 1 unspecified atom stereocenters. The molecule has 1 rings (SSSR count). The van der Waals surface area contributed by atoms with Gasteiger partial charge in [-0.25, -0.2) is 0 Å². The molecule has 0 N–H and O–H groups in total. The minimum Gasteiger partial charge on any atom is -0.490 e. The van der Waals surface area contributed by atoms with Crippen molar-refractivity contribution in [2.45, 2.75) is 40.7 Å². The lowest BCUT2D eigenvalue weighted by Gasteiger charge is -2.26. The summed E-state index contributed by atoms with van der Waals surface area (Å²) in [5.74, 6) is 2.22. The maximum Gasteiger partial charge on any atom is 0.114 e. The minimum atomic E-state index is 0.236. The number of hydrogen-bond acceptors (Lipinski definition) is 1. The molecule has 0 aromatic rings. The molecule has 1 aliphatic rings. The van der Waals surface area contributed by atoms with Gasteiger partial charge in [0, 0.05) is 5.92 Å². The Morgan fingerprint density at radius 3 is 2.23 bits per heavy atom. The average molecular weight is 180 g/mol. The summed E-state index contributed by atoms with van der Waals surface area (Å²) in [6.07, 6.45) is 4.58. The Hall–Kier alpha value is -0.720. The summed E-state index contributed by atoms with van der Waals surface area (Å²) in [5, 5.41) is 0. The molecule has 0 spiro atoms. The van der Waals surface area contributed by atoms with Crippen LogP contribution in [0.2, 0.25) is 0 Å². The van der Waals surface area contributed by atoms with Crippen LogP contribution in [-0.4, -0.2) is 6.10 Å². The molecule has 1 heteroatoms. The molecule has 0 amide bonds. The van der Waals surface area contributed by atoms with Crippen molar-refractivity contribution < 1.29 is 4.74 Å². The first-order chi connectivity index (χ1) is 6.02. The third kappa shape index (κ3) is 2.36. The van der Waals surface area contributed by atoms with Gasteiger partial charge in [-0.15, -0.1) is 0 Å². The average Bonchev–Trinajstić information content (AvgIpc) is 2.03. The van der Waals surface area contributed by atoms with Crippen LogP contribution in [0.15, 0.2) is 23.5 Å². The number of rotatable bonds is 2. The largest absolute Gasteiger partial charge is 0.490 e. The van der Waals surface area contributed by atoms with Crippen molar-refractivity contribution in [3.05, 3.63) is 23.5 Å². The zero-order valence-electron chi connectivity index (χ0n) is 9.29. The summed E-state index contributed by atoms with van der Waals surface area (Å²) >= 11 is 0. The second-order valence-corrected chi connectivity index (χ2v) is 4.31. The van der Waals surface area contributed by atoms with Crippen molar-refractivity contribution >= 4 is 0 Å². The quantitative estimate of drug-likeness (QED) is 0.631. The van der Waals surface area contributed by atoms with Crippen LogP contribution in [0.4, 0.5) is 0 Å². The molecule has 0 saturated heterocycles.